The number of halogens is 1. The number of hydrogen-bond donors (Lipinski definition) is 0. The van der Waals surface area contributed by atoms with Gasteiger partial charge in [0, 0.05) is 31.9 Å². The predicted molar refractivity (Wildman–Crippen MR) is 151 cm³/mol. The number of aryl methyl sites for hydroxylation is 1. The highest BCUT2D eigenvalue weighted by atomic mass is 79.9. The molecular weight excluding hydrogens is 568 g/mol. The van der Waals surface area contributed by atoms with Crippen LogP contribution in [0.2, 0.25) is 0 Å². The topological polar surface area (TPSA) is 83.2 Å². The molecule has 5 rings (SSSR count). The maximum Gasteiger partial charge on any atom is 0.343 e. The van der Waals surface area contributed by atoms with E-state index in [1.165, 1.54) is 18.4 Å². The fourth-order valence-corrected chi connectivity index (χ4v) is 4.92. The molecule has 2 aromatic heterocycles. The van der Waals surface area contributed by atoms with Crippen molar-refractivity contribution in [1.82, 2.24) is 4.98 Å². The Balaban J connectivity index is 1.64. The van der Waals surface area contributed by atoms with Crippen LogP contribution in [0.25, 0.3) is 33.6 Å². The Labute approximate surface area is 231 Å². The van der Waals surface area contributed by atoms with E-state index in [9.17, 15) is 4.79 Å². The quantitative estimate of drug-likeness (QED) is 0.188. The van der Waals surface area contributed by atoms with Gasteiger partial charge in [0.2, 0.25) is 5.13 Å². The first-order chi connectivity index (χ1) is 18.4. The van der Waals surface area contributed by atoms with Gasteiger partial charge in [-0.3, -0.25) is 0 Å². The summed E-state index contributed by atoms with van der Waals surface area (Å²) < 4.78 is 22.8. The molecule has 192 valence electrons. The van der Waals surface area contributed by atoms with Crippen LogP contribution >= 0.6 is 27.3 Å². The van der Waals surface area contributed by atoms with E-state index in [4.69, 9.17) is 23.9 Å². The smallest absolute Gasteiger partial charge is 0.343 e. The number of nitrogens with zero attached hydrogens (tertiary/aromatic N) is 2. The number of methoxy groups -OCH3 is 2. The summed E-state index contributed by atoms with van der Waals surface area (Å²) in [5, 5.41) is 2.01. The van der Waals surface area contributed by atoms with Gasteiger partial charge >= 0.3 is 5.97 Å². The van der Waals surface area contributed by atoms with E-state index in [1.807, 2.05) is 61.5 Å². The van der Waals surface area contributed by atoms with Crippen LogP contribution in [0.4, 0.5) is 5.13 Å². The second kappa shape index (κ2) is 11.2. The molecule has 38 heavy (non-hydrogen) atoms. The first kappa shape index (κ1) is 25.7. The molecule has 3 aromatic carbocycles. The van der Waals surface area contributed by atoms with Crippen molar-refractivity contribution >= 4 is 49.3 Å². The van der Waals surface area contributed by atoms with E-state index in [0.29, 0.717) is 27.6 Å². The Hall–Kier alpha value is -3.95. The van der Waals surface area contributed by atoms with Gasteiger partial charge < -0.3 is 18.6 Å². The zero-order chi connectivity index (χ0) is 26.6. The van der Waals surface area contributed by atoms with E-state index >= 15 is 0 Å². The van der Waals surface area contributed by atoms with Crippen LogP contribution in [0, 0.1) is 6.92 Å². The number of fused-ring (bicyclic) bond motifs is 1. The second-order valence-corrected chi connectivity index (χ2v) is 10.4. The number of hydrogen-bond acceptors (Lipinski definition) is 8. The lowest BCUT2D eigenvalue weighted by Crippen LogP contribution is -2.12. The Morgan fingerprint density at radius 2 is 1.68 bits per heavy atom. The van der Waals surface area contributed by atoms with Crippen LogP contribution in [-0.4, -0.2) is 31.8 Å². The van der Waals surface area contributed by atoms with Crippen molar-refractivity contribution in [2.45, 2.75) is 6.92 Å². The highest BCUT2D eigenvalue weighted by molar-refractivity contribution is 9.10. The maximum absolute atomic E-state index is 11.6. The van der Waals surface area contributed by atoms with Gasteiger partial charge in [-0.1, -0.05) is 39.4 Å². The molecule has 0 aliphatic carbocycles. The Kier molecular flexibility index (Phi) is 7.57. The largest absolute Gasteiger partial charge is 0.497 e. The minimum absolute atomic E-state index is 0.197. The van der Waals surface area contributed by atoms with Gasteiger partial charge in [-0.25, -0.2) is 14.8 Å². The fraction of sp³-hybridized carbons (Fsp3) is 0.138. The Morgan fingerprint density at radius 3 is 2.39 bits per heavy atom. The molecule has 0 aliphatic rings. The summed E-state index contributed by atoms with van der Waals surface area (Å²) in [6, 6.07) is 22.9. The van der Waals surface area contributed by atoms with Crippen molar-refractivity contribution in [3.8, 4) is 34.1 Å². The van der Waals surface area contributed by atoms with Crippen LogP contribution < -0.4 is 14.8 Å². The molecule has 0 bridgehead atoms. The van der Waals surface area contributed by atoms with E-state index in [1.54, 1.807) is 25.3 Å². The number of thiazole rings is 1. The average molecular weight is 591 g/mol. The summed E-state index contributed by atoms with van der Waals surface area (Å²) in [5.41, 5.74) is 3.40. The molecule has 0 saturated carbocycles. The number of ether oxygens (including phenoxy) is 3. The van der Waals surface area contributed by atoms with Crippen molar-refractivity contribution in [2.24, 2.45) is 4.99 Å². The molecule has 0 fully saturated rings. The predicted octanol–water partition coefficient (Wildman–Crippen LogP) is 7.09. The van der Waals surface area contributed by atoms with Crippen molar-refractivity contribution in [2.75, 3.05) is 20.8 Å². The number of esters is 1. The Bertz CT molecular complexity index is 1670. The molecule has 7 nitrogen and oxygen atoms in total. The second-order valence-electron chi connectivity index (χ2n) is 8.27. The molecule has 0 unspecified atom stereocenters. The molecule has 0 radical (unpaired) electrons. The third kappa shape index (κ3) is 5.64. The van der Waals surface area contributed by atoms with Gasteiger partial charge in [0.15, 0.2) is 6.61 Å². The normalized spacial score (nSPS) is 11.5. The standard InChI is InChI=1S/C29H23BrN2O5S/c1-17-28(19-4-8-20(30)9-5-19)32-29(38-17)31-24-15-26(18-6-10-21(34-2)11-7-18)37-25-13-12-22(14-23(24)25)36-16-27(33)35-3/h4-15H,16H2,1-3H3. The minimum Gasteiger partial charge on any atom is -0.497 e. The summed E-state index contributed by atoms with van der Waals surface area (Å²) >= 11 is 5.00. The van der Waals surface area contributed by atoms with Crippen LogP contribution in [0.5, 0.6) is 11.5 Å². The van der Waals surface area contributed by atoms with Gasteiger partial charge in [-0.05, 0) is 61.5 Å². The molecule has 0 amide bonds. The van der Waals surface area contributed by atoms with Gasteiger partial charge in [-0.2, -0.15) is 0 Å². The fourth-order valence-electron chi connectivity index (χ4n) is 3.84. The minimum atomic E-state index is -0.465. The molecule has 9 heteroatoms. The highest BCUT2D eigenvalue weighted by Crippen LogP contribution is 2.33. The third-order valence-electron chi connectivity index (χ3n) is 5.79. The molecule has 5 aromatic rings. The number of benzene rings is 3. The first-order valence-electron chi connectivity index (χ1n) is 11.6. The first-order valence-corrected chi connectivity index (χ1v) is 13.2. The van der Waals surface area contributed by atoms with Gasteiger partial charge in [0.25, 0.3) is 0 Å². The number of carbonyl (C=O) groups is 1. The van der Waals surface area contributed by atoms with Gasteiger partial charge in [0.1, 0.15) is 22.8 Å². The zero-order valence-electron chi connectivity index (χ0n) is 20.9. The lowest BCUT2D eigenvalue weighted by molar-refractivity contribution is -0.142. The zero-order valence-corrected chi connectivity index (χ0v) is 23.3. The van der Waals surface area contributed by atoms with Crippen molar-refractivity contribution in [3.63, 3.8) is 0 Å². The van der Waals surface area contributed by atoms with E-state index < -0.39 is 5.97 Å². The summed E-state index contributed by atoms with van der Waals surface area (Å²) in [6.45, 7) is 1.84. The summed E-state index contributed by atoms with van der Waals surface area (Å²) in [4.78, 5) is 22.4. The molecule has 0 saturated heterocycles. The number of aromatic nitrogens is 1. The van der Waals surface area contributed by atoms with Crippen molar-refractivity contribution in [3.05, 3.63) is 87.5 Å². The van der Waals surface area contributed by atoms with E-state index in [-0.39, 0.29) is 6.61 Å². The van der Waals surface area contributed by atoms with Crippen LogP contribution in [0.3, 0.4) is 0 Å². The molecule has 0 aliphatic heterocycles. The molecular formula is C29H23BrN2O5S. The van der Waals surface area contributed by atoms with Gasteiger partial charge in [-0.15, -0.1) is 0 Å². The van der Waals surface area contributed by atoms with Crippen LogP contribution in [0.15, 0.2) is 86.7 Å². The maximum atomic E-state index is 11.6. The van der Waals surface area contributed by atoms with E-state index in [2.05, 4.69) is 20.7 Å². The molecule has 2 heterocycles. The number of carbonyl (C=O) groups excluding carboxylic acids is 1. The van der Waals surface area contributed by atoms with Gasteiger partial charge in [0.05, 0.1) is 25.3 Å². The van der Waals surface area contributed by atoms with Crippen molar-refractivity contribution in [1.29, 1.82) is 0 Å². The van der Waals surface area contributed by atoms with E-state index in [0.717, 1.165) is 37.3 Å². The average Bonchev–Trinajstić information content (AvgIpc) is 3.31. The molecule has 0 atom stereocenters. The number of rotatable bonds is 7. The summed E-state index contributed by atoms with van der Waals surface area (Å²) in [6.07, 6.45) is 0. The van der Waals surface area contributed by atoms with Crippen LogP contribution in [-0.2, 0) is 9.53 Å². The molecule has 0 N–H and O–H groups in total. The Morgan fingerprint density at radius 1 is 0.974 bits per heavy atom. The van der Waals surface area contributed by atoms with Crippen LogP contribution in [0.1, 0.15) is 4.88 Å². The van der Waals surface area contributed by atoms with Crippen molar-refractivity contribution < 1.29 is 23.4 Å². The monoisotopic (exact) mass is 590 g/mol. The SMILES string of the molecule is COC(=O)COc1ccc2oc(-c3ccc(OC)cc3)cc(=Nc3nc(-c4ccc(Br)cc4)c(C)s3)c2c1. The highest BCUT2D eigenvalue weighted by Gasteiger charge is 2.12. The molecule has 0 spiro atoms. The lowest BCUT2D eigenvalue weighted by Gasteiger charge is -2.08. The lowest BCUT2D eigenvalue weighted by atomic mass is 10.1. The summed E-state index contributed by atoms with van der Waals surface area (Å²) in [7, 11) is 2.95. The summed E-state index contributed by atoms with van der Waals surface area (Å²) in [5.74, 6) is 1.43. The third-order valence-corrected chi connectivity index (χ3v) is 7.19.